The lowest BCUT2D eigenvalue weighted by Crippen LogP contribution is -2.26. The highest BCUT2D eigenvalue weighted by Gasteiger charge is 2.09. The van der Waals surface area contributed by atoms with E-state index in [4.69, 9.17) is 16.3 Å². The number of aromatic amines is 1. The molecular weight excluding hydrogens is 370 g/mol. The van der Waals surface area contributed by atoms with Crippen molar-refractivity contribution in [3.8, 4) is 16.3 Å². The Balaban J connectivity index is 1.35. The molecule has 0 bridgehead atoms. The summed E-state index contributed by atoms with van der Waals surface area (Å²) < 4.78 is 5.58. The van der Waals surface area contributed by atoms with Crippen LogP contribution in [0, 0.1) is 0 Å². The van der Waals surface area contributed by atoms with Gasteiger partial charge in [-0.05, 0) is 30.0 Å². The van der Waals surface area contributed by atoms with Gasteiger partial charge in [0.15, 0.2) is 0 Å². The molecule has 3 aromatic rings. The Bertz CT molecular complexity index is 833. The molecule has 2 aromatic heterocycles. The summed E-state index contributed by atoms with van der Waals surface area (Å²) in [6.45, 7) is 1.03. The van der Waals surface area contributed by atoms with E-state index in [9.17, 15) is 4.79 Å². The van der Waals surface area contributed by atoms with Crippen molar-refractivity contribution in [2.45, 2.75) is 19.3 Å². The highest BCUT2D eigenvalue weighted by Crippen LogP contribution is 2.25. The highest BCUT2D eigenvalue weighted by molar-refractivity contribution is 7.13. The molecule has 0 atom stereocenters. The molecule has 0 aliphatic carbocycles. The van der Waals surface area contributed by atoms with Gasteiger partial charge in [-0.3, -0.25) is 4.79 Å². The largest absolute Gasteiger partial charge is 0.492 e. The van der Waals surface area contributed by atoms with Gasteiger partial charge in [-0.25, -0.2) is 4.98 Å². The van der Waals surface area contributed by atoms with E-state index in [-0.39, 0.29) is 5.91 Å². The van der Waals surface area contributed by atoms with Crippen molar-refractivity contribution in [2.75, 3.05) is 13.2 Å². The summed E-state index contributed by atoms with van der Waals surface area (Å²) in [4.78, 5) is 20.6. The lowest BCUT2D eigenvalue weighted by molar-refractivity contribution is -0.121. The Labute approximate surface area is 161 Å². The Kier molecular flexibility index (Phi) is 6.68. The van der Waals surface area contributed by atoms with Crippen LogP contribution < -0.4 is 10.1 Å². The van der Waals surface area contributed by atoms with Crippen LogP contribution in [-0.2, 0) is 11.2 Å². The summed E-state index contributed by atoms with van der Waals surface area (Å²) in [5.41, 5.74) is 2.00. The van der Waals surface area contributed by atoms with E-state index < -0.39 is 0 Å². The van der Waals surface area contributed by atoms with Gasteiger partial charge >= 0.3 is 0 Å². The van der Waals surface area contributed by atoms with E-state index in [1.165, 1.54) is 0 Å². The zero-order valence-corrected chi connectivity index (χ0v) is 15.8. The summed E-state index contributed by atoms with van der Waals surface area (Å²) in [7, 11) is 0. The lowest BCUT2D eigenvalue weighted by Gasteiger charge is -2.08. The van der Waals surface area contributed by atoms with Gasteiger partial charge in [0.2, 0.25) is 5.91 Å². The van der Waals surface area contributed by atoms with E-state index in [0.29, 0.717) is 36.8 Å². The van der Waals surface area contributed by atoms with Gasteiger partial charge in [-0.1, -0.05) is 29.8 Å². The molecule has 1 aromatic carbocycles. The molecule has 5 nitrogen and oxygen atoms in total. The third-order valence-electron chi connectivity index (χ3n) is 3.81. The number of benzene rings is 1. The summed E-state index contributed by atoms with van der Waals surface area (Å²) in [6, 6.07) is 11.4. The molecule has 0 aliphatic heterocycles. The predicted octanol–water partition coefficient (Wildman–Crippen LogP) is 4.31. The van der Waals surface area contributed by atoms with Gasteiger partial charge in [0.1, 0.15) is 11.4 Å². The zero-order valence-electron chi connectivity index (χ0n) is 14.2. The van der Waals surface area contributed by atoms with Crippen LogP contribution in [0.4, 0.5) is 0 Å². The van der Waals surface area contributed by atoms with Crippen LogP contribution in [0.5, 0.6) is 5.75 Å². The molecule has 7 heteroatoms. The first-order valence-corrected chi connectivity index (χ1v) is 9.70. The first-order chi connectivity index (χ1) is 12.7. The van der Waals surface area contributed by atoms with Crippen LogP contribution in [0.15, 0.2) is 48.1 Å². The van der Waals surface area contributed by atoms with Crippen LogP contribution in [0.3, 0.4) is 0 Å². The van der Waals surface area contributed by atoms with Gasteiger partial charge < -0.3 is 15.0 Å². The van der Waals surface area contributed by atoms with Gasteiger partial charge in [-0.2, -0.15) is 0 Å². The van der Waals surface area contributed by atoms with Gasteiger partial charge in [-0.15, -0.1) is 11.3 Å². The quantitative estimate of drug-likeness (QED) is 0.536. The first-order valence-electron chi connectivity index (χ1n) is 8.44. The smallest absolute Gasteiger partial charge is 0.220 e. The maximum atomic E-state index is 11.9. The fourth-order valence-corrected chi connectivity index (χ4v) is 3.47. The normalized spacial score (nSPS) is 10.7. The number of para-hydroxylation sites is 1. The number of hydrogen-bond acceptors (Lipinski definition) is 4. The van der Waals surface area contributed by atoms with E-state index >= 15 is 0 Å². The Morgan fingerprint density at radius 1 is 1.27 bits per heavy atom. The number of amides is 1. The van der Waals surface area contributed by atoms with Crippen LogP contribution in [0.1, 0.15) is 18.5 Å². The summed E-state index contributed by atoms with van der Waals surface area (Å²) in [5.74, 6) is 0.667. The van der Waals surface area contributed by atoms with Crippen LogP contribution >= 0.6 is 22.9 Å². The third kappa shape index (κ3) is 5.09. The van der Waals surface area contributed by atoms with Crippen molar-refractivity contribution in [1.82, 2.24) is 15.3 Å². The van der Waals surface area contributed by atoms with Crippen LogP contribution in [-0.4, -0.2) is 29.0 Å². The molecule has 0 saturated carbocycles. The SMILES string of the molecule is O=C(CCCOc1ccccc1Cl)NCCc1[nH]cnc1-c1cccs1. The second-order valence-electron chi connectivity index (χ2n) is 5.69. The number of thiophene rings is 1. The lowest BCUT2D eigenvalue weighted by atomic mass is 10.2. The second-order valence-corrected chi connectivity index (χ2v) is 7.04. The minimum absolute atomic E-state index is 0.0185. The number of ether oxygens (including phenoxy) is 1. The monoisotopic (exact) mass is 389 g/mol. The Morgan fingerprint density at radius 3 is 2.96 bits per heavy atom. The molecule has 1 amide bonds. The molecule has 0 aliphatic rings. The molecule has 0 unspecified atom stereocenters. The number of hydrogen-bond donors (Lipinski definition) is 2. The van der Waals surface area contributed by atoms with E-state index in [1.807, 2.05) is 35.7 Å². The van der Waals surface area contributed by atoms with Gasteiger partial charge in [0, 0.05) is 25.1 Å². The van der Waals surface area contributed by atoms with Crippen LogP contribution in [0.2, 0.25) is 5.02 Å². The number of H-pyrrole nitrogens is 1. The number of carbonyl (C=O) groups excluding carboxylic acids is 1. The van der Waals surface area contributed by atoms with Gasteiger partial charge in [0.25, 0.3) is 0 Å². The molecule has 0 radical (unpaired) electrons. The first kappa shape index (κ1) is 18.5. The molecule has 136 valence electrons. The number of aromatic nitrogens is 2. The summed E-state index contributed by atoms with van der Waals surface area (Å²) in [5, 5.41) is 5.55. The van der Waals surface area contributed by atoms with Crippen molar-refractivity contribution >= 4 is 28.8 Å². The molecule has 2 N–H and O–H groups in total. The van der Waals surface area contributed by atoms with E-state index in [2.05, 4.69) is 15.3 Å². The maximum Gasteiger partial charge on any atom is 0.220 e. The fourth-order valence-electron chi connectivity index (χ4n) is 2.53. The Morgan fingerprint density at radius 2 is 2.15 bits per heavy atom. The minimum Gasteiger partial charge on any atom is -0.492 e. The number of imidazole rings is 1. The molecule has 0 spiro atoms. The number of nitrogens with one attached hydrogen (secondary N) is 2. The van der Waals surface area contributed by atoms with Gasteiger partial charge in [0.05, 0.1) is 22.8 Å². The van der Waals surface area contributed by atoms with Crippen molar-refractivity contribution in [3.63, 3.8) is 0 Å². The fraction of sp³-hybridized carbons (Fsp3) is 0.263. The number of carbonyl (C=O) groups is 1. The summed E-state index contributed by atoms with van der Waals surface area (Å²) >= 11 is 7.68. The summed E-state index contributed by atoms with van der Waals surface area (Å²) in [6.07, 6.45) is 3.47. The Hall–Kier alpha value is -2.31. The molecule has 3 rings (SSSR count). The standard InChI is InChI=1S/C19H20ClN3O2S/c20-14-5-1-2-6-16(14)25-11-3-8-18(24)21-10-9-15-19(23-13-22-15)17-7-4-12-26-17/h1-2,4-7,12-13H,3,8-11H2,(H,21,24)(H,22,23). The van der Waals surface area contributed by atoms with Crippen molar-refractivity contribution in [2.24, 2.45) is 0 Å². The average Bonchev–Trinajstić information content (AvgIpc) is 3.31. The van der Waals surface area contributed by atoms with E-state index in [1.54, 1.807) is 23.7 Å². The van der Waals surface area contributed by atoms with Crippen LogP contribution in [0.25, 0.3) is 10.6 Å². The number of halogens is 1. The molecular formula is C19H20ClN3O2S. The van der Waals surface area contributed by atoms with Crippen molar-refractivity contribution in [1.29, 1.82) is 0 Å². The third-order valence-corrected chi connectivity index (χ3v) is 5.00. The average molecular weight is 390 g/mol. The second kappa shape index (κ2) is 9.40. The molecule has 0 saturated heterocycles. The zero-order chi connectivity index (χ0) is 18.2. The highest BCUT2D eigenvalue weighted by atomic mass is 35.5. The molecule has 26 heavy (non-hydrogen) atoms. The topological polar surface area (TPSA) is 67.0 Å². The minimum atomic E-state index is 0.0185. The maximum absolute atomic E-state index is 11.9. The van der Waals surface area contributed by atoms with E-state index in [0.717, 1.165) is 22.7 Å². The predicted molar refractivity (Wildman–Crippen MR) is 105 cm³/mol. The number of nitrogens with zero attached hydrogens (tertiary/aromatic N) is 1. The molecule has 0 fully saturated rings. The van der Waals surface area contributed by atoms with Crippen molar-refractivity contribution in [3.05, 3.63) is 58.8 Å². The number of rotatable bonds is 9. The van der Waals surface area contributed by atoms with Crippen molar-refractivity contribution < 1.29 is 9.53 Å². The molecule has 2 heterocycles.